The summed E-state index contributed by atoms with van der Waals surface area (Å²) in [6.45, 7) is 8.31. The minimum absolute atomic E-state index is 0.225. The van der Waals surface area contributed by atoms with Gasteiger partial charge < -0.3 is 19.4 Å². The van der Waals surface area contributed by atoms with E-state index in [2.05, 4.69) is 20.2 Å². The number of ether oxygens (including phenoxy) is 1. The third-order valence-electron chi connectivity index (χ3n) is 4.67. The van der Waals surface area contributed by atoms with Crippen molar-refractivity contribution in [1.82, 2.24) is 9.97 Å². The van der Waals surface area contributed by atoms with Gasteiger partial charge in [-0.2, -0.15) is 4.98 Å². The lowest BCUT2D eigenvalue weighted by Gasteiger charge is -2.28. The van der Waals surface area contributed by atoms with Crippen LogP contribution in [0.1, 0.15) is 27.5 Å². The first-order chi connectivity index (χ1) is 13.0. The van der Waals surface area contributed by atoms with Crippen LogP contribution in [0.25, 0.3) is 11.1 Å². The lowest BCUT2D eigenvalue weighted by atomic mass is 10.1. The van der Waals surface area contributed by atoms with Crippen LogP contribution in [0.4, 0.5) is 11.5 Å². The molecule has 1 saturated heterocycles. The van der Waals surface area contributed by atoms with E-state index in [9.17, 15) is 4.79 Å². The van der Waals surface area contributed by atoms with Crippen LogP contribution in [0.15, 0.2) is 28.7 Å². The normalized spacial score (nSPS) is 14.6. The molecule has 2 aromatic heterocycles. The number of nitrogens with zero attached hydrogens (tertiary/aromatic N) is 3. The molecule has 1 amide bonds. The zero-order chi connectivity index (χ0) is 19.0. The second-order valence-corrected chi connectivity index (χ2v) is 6.73. The Hall–Kier alpha value is -2.93. The Labute approximate surface area is 157 Å². The lowest BCUT2D eigenvalue weighted by molar-refractivity contribution is 0.102. The van der Waals surface area contributed by atoms with Crippen LogP contribution in [-0.4, -0.2) is 42.2 Å². The highest BCUT2D eigenvalue weighted by Gasteiger charge is 2.26. The molecule has 0 saturated carbocycles. The maximum absolute atomic E-state index is 13.0. The number of hydrogen-bond donors (Lipinski definition) is 1. The van der Waals surface area contributed by atoms with Gasteiger partial charge in [-0.25, -0.2) is 4.98 Å². The first kappa shape index (κ1) is 17.5. The molecule has 7 heteroatoms. The van der Waals surface area contributed by atoms with E-state index >= 15 is 0 Å². The molecule has 0 unspecified atom stereocenters. The minimum atomic E-state index is -0.225. The molecule has 0 atom stereocenters. The quantitative estimate of drug-likeness (QED) is 0.766. The van der Waals surface area contributed by atoms with Crippen molar-refractivity contribution in [3.05, 3.63) is 47.0 Å². The first-order valence-corrected chi connectivity index (χ1v) is 9.01. The maximum Gasteiger partial charge on any atom is 0.260 e. The van der Waals surface area contributed by atoms with Gasteiger partial charge in [-0.3, -0.25) is 4.79 Å². The van der Waals surface area contributed by atoms with Crippen molar-refractivity contribution >= 4 is 28.5 Å². The van der Waals surface area contributed by atoms with Gasteiger partial charge in [-0.15, -0.1) is 0 Å². The molecular weight excluding hydrogens is 344 g/mol. The van der Waals surface area contributed by atoms with Crippen molar-refractivity contribution in [3.63, 3.8) is 0 Å². The molecule has 1 N–H and O–H groups in total. The van der Waals surface area contributed by atoms with E-state index in [1.807, 2.05) is 38.1 Å². The Kier molecular flexibility index (Phi) is 4.53. The average Bonchev–Trinajstić information content (AvgIpc) is 2.99. The molecule has 1 aromatic carbocycles. The molecular formula is C20H22N4O3. The smallest absolute Gasteiger partial charge is 0.260 e. The largest absolute Gasteiger partial charge is 0.442 e. The Balaban J connectivity index is 1.78. The monoisotopic (exact) mass is 366 g/mol. The molecule has 3 aromatic rings. The van der Waals surface area contributed by atoms with E-state index in [-0.39, 0.29) is 5.91 Å². The van der Waals surface area contributed by atoms with E-state index in [1.165, 1.54) is 0 Å². The van der Waals surface area contributed by atoms with Crippen molar-refractivity contribution in [2.75, 3.05) is 36.5 Å². The molecule has 27 heavy (non-hydrogen) atoms. The van der Waals surface area contributed by atoms with Crippen molar-refractivity contribution < 1.29 is 13.9 Å². The summed E-state index contributed by atoms with van der Waals surface area (Å²) in [7, 11) is 0. The summed E-state index contributed by atoms with van der Waals surface area (Å²) >= 11 is 0. The molecule has 1 fully saturated rings. The zero-order valence-corrected chi connectivity index (χ0v) is 15.7. The van der Waals surface area contributed by atoms with Crippen molar-refractivity contribution in [1.29, 1.82) is 0 Å². The van der Waals surface area contributed by atoms with E-state index in [4.69, 9.17) is 9.15 Å². The van der Waals surface area contributed by atoms with Crippen LogP contribution < -0.4 is 10.2 Å². The molecule has 0 aliphatic carbocycles. The van der Waals surface area contributed by atoms with Crippen LogP contribution in [0.3, 0.4) is 0 Å². The fraction of sp³-hybridized carbons (Fsp3) is 0.350. The zero-order valence-electron chi connectivity index (χ0n) is 15.7. The van der Waals surface area contributed by atoms with Gasteiger partial charge in [0.05, 0.1) is 24.2 Å². The summed E-state index contributed by atoms with van der Waals surface area (Å²) < 4.78 is 11.3. The van der Waals surface area contributed by atoms with E-state index in [0.717, 1.165) is 30.2 Å². The van der Waals surface area contributed by atoms with Gasteiger partial charge in [0.25, 0.3) is 5.91 Å². The van der Waals surface area contributed by atoms with E-state index in [0.29, 0.717) is 41.5 Å². The van der Waals surface area contributed by atoms with E-state index in [1.54, 1.807) is 6.92 Å². The van der Waals surface area contributed by atoms with Crippen molar-refractivity contribution in [2.24, 2.45) is 0 Å². The number of hydrogen-bond acceptors (Lipinski definition) is 6. The predicted octanol–water partition coefficient (Wildman–Crippen LogP) is 3.24. The lowest BCUT2D eigenvalue weighted by Crippen LogP contribution is -2.37. The van der Waals surface area contributed by atoms with Crippen LogP contribution in [0.2, 0.25) is 0 Å². The molecule has 4 rings (SSSR count). The van der Waals surface area contributed by atoms with Crippen LogP contribution >= 0.6 is 0 Å². The molecule has 3 heterocycles. The van der Waals surface area contributed by atoms with Crippen molar-refractivity contribution in [2.45, 2.75) is 20.8 Å². The Morgan fingerprint density at radius 2 is 1.78 bits per heavy atom. The molecule has 0 radical (unpaired) electrons. The van der Waals surface area contributed by atoms with Gasteiger partial charge >= 0.3 is 0 Å². The molecule has 0 bridgehead atoms. The molecule has 1 aliphatic rings. The van der Waals surface area contributed by atoms with Gasteiger partial charge in [-0.05, 0) is 32.9 Å². The third kappa shape index (κ3) is 3.38. The third-order valence-corrected chi connectivity index (χ3v) is 4.67. The number of furan rings is 1. The highest BCUT2D eigenvalue weighted by molar-refractivity contribution is 6.15. The number of aryl methyl sites for hydroxylation is 3. The molecule has 0 spiro atoms. The Morgan fingerprint density at radius 1 is 1.07 bits per heavy atom. The minimum Gasteiger partial charge on any atom is -0.442 e. The summed E-state index contributed by atoms with van der Waals surface area (Å²) in [6, 6.07) is 7.69. The highest BCUT2D eigenvalue weighted by atomic mass is 16.5. The molecule has 140 valence electrons. The van der Waals surface area contributed by atoms with Gasteiger partial charge in [0.15, 0.2) is 0 Å². The van der Waals surface area contributed by atoms with E-state index < -0.39 is 0 Å². The van der Waals surface area contributed by atoms with Crippen LogP contribution in [-0.2, 0) is 4.74 Å². The number of nitrogens with one attached hydrogen (secondary N) is 1. The summed E-state index contributed by atoms with van der Waals surface area (Å²) in [5.74, 6) is 1.65. The summed E-state index contributed by atoms with van der Waals surface area (Å²) in [4.78, 5) is 24.2. The number of amides is 1. The Bertz CT molecular complexity index is 989. The fourth-order valence-electron chi connectivity index (χ4n) is 3.31. The number of fused-ring (bicyclic) bond motifs is 1. The predicted molar refractivity (Wildman–Crippen MR) is 103 cm³/mol. The average molecular weight is 366 g/mol. The highest BCUT2D eigenvalue weighted by Crippen LogP contribution is 2.32. The van der Waals surface area contributed by atoms with Gasteiger partial charge in [0, 0.05) is 18.8 Å². The standard InChI is InChI=1S/C20H22N4O3/c1-12-4-6-15(7-5-12)23-19(25)16-13(2)27-20-17(16)18(21-14(3)22-20)24-8-10-26-11-9-24/h4-7H,8-11H2,1-3H3,(H,23,25). The van der Waals surface area contributed by atoms with Gasteiger partial charge in [0.2, 0.25) is 5.71 Å². The van der Waals surface area contributed by atoms with Crippen LogP contribution in [0.5, 0.6) is 0 Å². The second-order valence-electron chi connectivity index (χ2n) is 6.73. The number of carbonyl (C=O) groups excluding carboxylic acids is 1. The number of anilines is 2. The van der Waals surface area contributed by atoms with Gasteiger partial charge in [-0.1, -0.05) is 17.7 Å². The first-order valence-electron chi connectivity index (χ1n) is 9.01. The topological polar surface area (TPSA) is 80.5 Å². The number of carbonyl (C=O) groups is 1. The summed E-state index contributed by atoms with van der Waals surface area (Å²) in [5, 5.41) is 3.61. The molecule has 1 aliphatic heterocycles. The number of morpholine rings is 1. The van der Waals surface area contributed by atoms with Crippen molar-refractivity contribution in [3.8, 4) is 0 Å². The van der Waals surface area contributed by atoms with Gasteiger partial charge in [0.1, 0.15) is 17.4 Å². The summed E-state index contributed by atoms with van der Waals surface area (Å²) in [5.41, 5.74) is 2.79. The SMILES string of the molecule is Cc1ccc(NC(=O)c2c(C)oc3nc(C)nc(N4CCOCC4)c23)cc1. The Morgan fingerprint density at radius 3 is 2.48 bits per heavy atom. The number of benzene rings is 1. The number of rotatable bonds is 3. The van der Waals surface area contributed by atoms with Crippen LogP contribution in [0, 0.1) is 20.8 Å². The maximum atomic E-state index is 13.0. The number of aromatic nitrogens is 2. The second kappa shape index (κ2) is 7.00. The fourth-order valence-corrected chi connectivity index (χ4v) is 3.31. The molecule has 7 nitrogen and oxygen atoms in total. The summed E-state index contributed by atoms with van der Waals surface area (Å²) in [6.07, 6.45) is 0.